The molecule has 2 rings (SSSR count). The van der Waals surface area contributed by atoms with Crippen LogP contribution in [0.1, 0.15) is 16.9 Å². The van der Waals surface area contributed by atoms with Gasteiger partial charge >= 0.3 is 0 Å². The number of benzene rings is 1. The Morgan fingerprint density at radius 1 is 1.25 bits per heavy atom. The molecule has 0 atom stereocenters. The van der Waals surface area contributed by atoms with E-state index in [2.05, 4.69) is 4.72 Å². The zero-order valence-corrected chi connectivity index (χ0v) is 12.0. The van der Waals surface area contributed by atoms with Crippen LogP contribution in [0, 0.1) is 6.92 Å². The fraction of sp³-hybridized carbons (Fsp3) is 0.286. The Labute approximate surface area is 118 Å². The van der Waals surface area contributed by atoms with Crippen molar-refractivity contribution in [1.29, 1.82) is 0 Å². The van der Waals surface area contributed by atoms with Crippen molar-refractivity contribution in [3.8, 4) is 0 Å². The molecule has 108 valence electrons. The fourth-order valence-electron chi connectivity index (χ4n) is 1.96. The van der Waals surface area contributed by atoms with Crippen LogP contribution in [0.15, 0.2) is 45.9 Å². The van der Waals surface area contributed by atoms with E-state index < -0.39 is 10.0 Å². The Bertz CT molecular complexity index is 662. The van der Waals surface area contributed by atoms with Gasteiger partial charge in [-0.3, -0.25) is 0 Å². The molecule has 0 aliphatic rings. The number of aliphatic hydroxyl groups is 1. The summed E-state index contributed by atoms with van der Waals surface area (Å²) in [4.78, 5) is 0.198. The lowest BCUT2D eigenvalue weighted by Crippen LogP contribution is -2.26. The molecule has 2 N–H and O–H groups in total. The van der Waals surface area contributed by atoms with Crippen molar-refractivity contribution in [1.82, 2.24) is 4.72 Å². The molecule has 0 saturated heterocycles. The summed E-state index contributed by atoms with van der Waals surface area (Å²) in [5.74, 6) is 0.730. The largest absolute Gasteiger partial charge is 0.469 e. The molecular weight excluding hydrogens is 278 g/mol. The summed E-state index contributed by atoms with van der Waals surface area (Å²) in [5.41, 5.74) is 1.18. The molecular formula is C14H17NO4S. The Morgan fingerprint density at radius 3 is 2.70 bits per heavy atom. The molecule has 5 nitrogen and oxygen atoms in total. The maximum absolute atomic E-state index is 12.2. The summed E-state index contributed by atoms with van der Waals surface area (Å²) in [6.45, 7) is 1.77. The van der Waals surface area contributed by atoms with Crippen molar-refractivity contribution in [2.75, 3.05) is 6.54 Å². The van der Waals surface area contributed by atoms with Gasteiger partial charge in [-0.05, 0) is 36.2 Å². The van der Waals surface area contributed by atoms with E-state index in [1.807, 2.05) is 0 Å². The second kappa shape index (κ2) is 6.21. The minimum atomic E-state index is -3.58. The van der Waals surface area contributed by atoms with Crippen molar-refractivity contribution < 1.29 is 17.9 Å². The van der Waals surface area contributed by atoms with Gasteiger partial charge in [0.05, 0.1) is 17.8 Å². The first-order chi connectivity index (χ1) is 9.54. The monoisotopic (exact) mass is 295 g/mol. The third-order valence-electron chi connectivity index (χ3n) is 3.10. The average Bonchev–Trinajstić information content (AvgIpc) is 2.91. The summed E-state index contributed by atoms with van der Waals surface area (Å²) in [7, 11) is -3.58. The maximum Gasteiger partial charge on any atom is 0.240 e. The highest BCUT2D eigenvalue weighted by atomic mass is 32.2. The van der Waals surface area contributed by atoms with Crippen LogP contribution in [0.3, 0.4) is 0 Å². The van der Waals surface area contributed by atoms with E-state index in [1.165, 1.54) is 6.07 Å². The van der Waals surface area contributed by atoms with Gasteiger partial charge in [0.2, 0.25) is 10.0 Å². The van der Waals surface area contributed by atoms with Crippen LogP contribution in [-0.4, -0.2) is 20.1 Å². The lowest BCUT2D eigenvalue weighted by atomic mass is 10.1. The predicted molar refractivity (Wildman–Crippen MR) is 74.7 cm³/mol. The minimum Gasteiger partial charge on any atom is -0.469 e. The van der Waals surface area contributed by atoms with Crippen LogP contribution < -0.4 is 4.72 Å². The summed E-state index contributed by atoms with van der Waals surface area (Å²) in [6, 6.07) is 8.42. The Hall–Kier alpha value is -1.63. The van der Waals surface area contributed by atoms with Crippen molar-refractivity contribution in [2.24, 2.45) is 0 Å². The third kappa shape index (κ3) is 3.27. The smallest absolute Gasteiger partial charge is 0.240 e. The zero-order chi connectivity index (χ0) is 14.6. The van der Waals surface area contributed by atoms with Crippen molar-refractivity contribution in [3.63, 3.8) is 0 Å². The van der Waals surface area contributed by atoms with Crippen LogP contribution in [-0.2, 0) is 23.1 Å². The van der Waals surface area contributed by atoms with Gasteiger partial charge < -0.3 is 9.52 Å². The lowest BCUT2D eigenvalue weighted by molar-refractivity contribution is 0.280. The summed E-state index contributed by atoms with van der Waals surface area (Å²) in [6.07, 6.45) is 2.05. The first-order valence-electron chi connectivity index (χ1n) is 6.26. The molecule has 0 bridgehead atoms. The van der Waals surface area contributed by atoms with Gasteiger partial charge in [0.1, 0.15) is 5.76 Å². The first-order valence-corrected chi connectivity index (χ1v) is 7.74. The molecule has 0 amide bonds. The molecule has 0 unspecified atom stereocenters. The highest BCUT2D eigenvalue weighted by molar-refractivity contribution is 7.89. The Kier molecular flexibility index (Phi) is 4.59. The molecule has 0 saturated carbocycles. The van der Waals surface area contributed by atoms with Crippen LogP contribution in [0.2, 0.25) is 0 Å². The maximum atomic E-state index is 12.2. The van der Waals surface area contributed by atoms with E-state index in [0.29, 0.717) is 17.5 Å². The minimum absolute atomic E-state index is 0.179. The van der Waals surface area contributed by atoms with E-state index in [0.717, 1.165) is 5.76 Å². The Balaban J connectivity index is 2.10. The summed E-state index contributed by atoms with van der Waals surface area (Å²) in [5, 5.41) is 9.18. The van der Waals surface area contributed by atoms with Gasteiger partial charge in [-0.25, -0.2) is 13.1 Å². The normalized spacial score (nSPS) is 11.7. The SMILES string of the molecule is Cc1c(CO)cccc1S(=O)(=O)NCCc1ccco1. The van der Waals surface area contributed by atoms with Crippen LogP contribution in [0.5, 0.6) is 0 Å². The van der Waals surface area contributed by atoms with E-state index in [9.17, 15) is 13.5 Å². The standard InChI is InChI=1S/C14H17NO4S/c1-11-12(10-16)4-2-6-14(11)20(17,18)15-8-7-13-5-3-9-19-13/h2-6,9,15-16H,7-8,10H2,1H3. The first kappa shape index (κ1) is 14.8. The Morgan fingerprint density at radius 2 is 2.05 bits per heavy atom. The van der Waals surface area contributed by atoms with E-state index in [1.54, 1.807) is 37.5 Å². The topological polar surface area (TPSA) is 79.5 Å². The summed E-state index contributed by atoms with van der Waals surface area (Å²) < 4.78 is 32.1. The summed E-state index contributed by atoms with van der Waals surface area (Å²) >= 11 is 0. The number of aliphatic hydroxyl groups excluding tert-OH is 1. The molecule has 0 aliphatic carbocycles. The third-order valence-corrected chi connectivity index (χ3v) is 4.71. The molecule has 1 aromatic heterocycles. The van der Waals surface area contributed by atoms with Gasteiger partial charge in [0.15, 0.2) is 0 Å². The molecule has 6 heteroatoms. The number of hydrogen-bond donors (Lipinski definition) is 2. The van der Waals surface area contributed by atoms with Gasteiger partial charge in [0.25, 0.3) is 0 Å². The van der Waals surface area contributed by atoms with E-state index in [4.69, 9.17) is 4.42 Å². The van der Waals surface area contributed by atoms with Crippen molar-refractivity contribution in [2.45, 2.75) is 24.8 Å². The quantitative estimate of drug-likeness (QED) is 0.848. The molecule has 0 fully saturated rings. The molecule has 20 heavy (non-hydrogen) atoms. The number of rotatable bonds is 6. The van der Waals surface area contributed by atoms with Gasteiger partial charge in [-0.15, -0.1) is 0 Å². The fourth-order valence-corrected chi connectivity index (χ4v) is 3.28. The molecule has 0 aliphatic heterocycles. The number of sulfonamides is 1. The van der Waals surface area contributed by atoms with Crippen molar-refractivity contribution >= 4 is 10.0 Å². The van der Waals surface area contributed by atoms with Crippen LogP contribution >= 0.6 is 0 Å². The number of hydrogen-bond acceptors (Lipinski definition) is 4. The molecule has 1 aromatic carbocycles. The van der Waals surface area contributed by atoms with Gasteiger partial charge in [0, 0.05) is 13.0 Å². The number of furan rings is 1. The zero-order valence-electron chi connectivity index (χ0n) is 11.2. The van der Waals surface area contributed by atoms with Crippen molar-refractivity contribution in [3.05, 3.63) is 53.5 Å². The van der Waals surface area contributed by atoms with Gasteiger partial charge in [-0.2, -0.15) is 0 Å². The molecule has 0 spiro atoms. The highest BCUT2D eigenvalue weighted by Crippen LogP contribution is 2.18. The lowest BCUT2D eigenvalue weighted by Gasteiger charge is -2.11. The van der Waals surface area contributed by atoms with E-state index >= 15 is 0 Å². The average molecular weight is 295 g/mol. The van der Waals surface area contributed by atoms with E-state index in [-0.39, 0.29) is 18.0 Å². The second-order valence-electron chi connectivity index (χ2n) is 4.43. The molecule has 2 aromatic rings. The second-order valence-corrected chi connectivity index (χ2v) is 6.16. The van der Waals surface area contributed by atoms with Gasteiger partial charge in [-0.1, -0.05) is 12.1 Å². The number of nitrogens with one attached hydrogen (secondary N) is 1. The van der Waals surface area contributed by atoms with Crippen LogP contribution in [0.4, 0.5) is 0 Å². The highest BCUT2D eigenvalue weighted by Gasteiger charge is 2.17. The molecule has 1 heterocycles. The predicted octanol–water partition coefficient (Wildman–Crippen LogP) is 1.60. The molecule has 0 radical (unpaired) electrons. The van der Waals surface area contributed by atoms with Crippen LogP contribution in [0.25, 0.3) is 0 Å².